The van der Waals surface area contributed by atoms with E-state index in [0.717, 1.165) is 77.0 Å². The van der Waals surface area contributed by atoms with Gasteiger partial charge >= 0.3 is 5.97 Å². The molecule has 0 saturated carbocycles. The number of nitrogens with one attached hydrogen (secondary N) is 1. The van der Waals surface area contributed by atoms with Crippen LogP contribution in [0.2, 0.25) is 0 Å². The van der Waals surface area contributed by atoms with Gasteiger partial charge in [-0.05, 0) is 83.5 Å². The van der Waals surface area contributed by atoms with Gasteiger partial charge in [0.1, 0.15) is 6.10 Å². The Balaban J connectivity index is 4.62. The lowest BCUT2D eigenvalue weighted by atomic mass is 10.0. The third kappa shape index (κ3) is 40.8. The highest BCUT2D eigenvalue weighted by molar-refractivity contribution is 5.77. The molecule has 0 heterocycles. The van der Waals surface area contributed by atoms with E-state index >= 15 is 0 Å². The smallest absolute Gasteiger partial charge is 0.306 e. The van der Waals surface area contributed by atoms with Crippen molar-refractivity contribution in [2.45, 2.75) is 277 Å². The van der Waals surface area contributed by atoms with E-state index < -0.39 is 18.2 Å². The van der Waals surface area contributed by atoms with Crippen molar-refractivity contribution in [3.8, 4) is 0 Å². The number of aliphatic hydroxyl groups excluding tert-OH is 2. The number of esters is 1. The highest BCUT2D eigenvalue weighted by Gasteiger charge is 2.24. The number of aliphatic hydroxyl groups is 2. The van der Waals surface area contributed by atoms with Crippen LogP contribution in [0.25, 0.3) is 0 Å². The lowest BCUT2D eigenvalue weighted by Crippen LogP contribution is -2.46. The molecule has 3 N–H and O–H groups in total. The molecule has 0 rings (SSSR count). The van der Waals surface area contributed by atoms with Crippen molar-refractivity contribution >= 4 is 11.9 Å². The summed E-state index contributed by atoms with van der Waals surface area (Å²) in [6.45, 7) is 6.43. The van der Waals surface area contributed by atoms with Crippen LogP contribution < -0.4 is 5.32 Å². The molecular weight excluding hydrogens is 719 g/mol. The first-order valence-electron chi connectivity index (χ1n) is 25.2. The van der Waals surface area contributed by atoms with Gasteiger partial charge in [-0.2, -0.15) is 0 Å². The van der Waals surface area contributed by atoms with E-state index in [1.165, 1.54) is 135 Å². The Morgan fingerprint density at radius 2 is 0.879 bits per heavy atom. The normalized spacial score (nSPS) is 13.5. The maximum absolute atomic E-state index is 13.2. The molecule has 0 aromatic rings. The molecule has 0 aromatic heterocycles. The molecule has 0 spiro atoms. The molecular formula is C52H97NO5. The van der Waals surface area contributed by atoms with Crippen molar-refractivity contribution in [3.63, 3.8) is 0 Å². The fourth-order valence-electron chi connectivity index (χ4n) is 7.57. The fraction of sp³-hybridized carbons (Fsp3) is 0.846. The zero-order chi connectivity index (χ0) is 42.4. The first-order valence-corrected chi connectivity index (χ1v) is 25.2. The molecule has 0 aliphatic rings. The molecule has 1 amide bonds. The van der Waals surface area contributed by atoms with E-state index in [2.05, 4.69) is 62.5 Å². The molecule has 0 aromatic carbocycles. The van der Waals surface area contributed by atoms with Gasteiger partial charge in [0.05, 0.1) is 25.2 Å². The third-order valence-corrected chi connectivity index (χ3v) is 11.4. The van der Waals surface area contributed by atoms with Gasteiger partial charge in [-0.3, -0.25) is 9.59 Å². The van der Waals surface area contributed by atoms with Crippen molar-refractivity contribution in [1.82, 2.24) is 5.32 Å². The summed E-state index contributed by atoms with van der Waals surface area (Å²) >= 11 is 0. The highest BCUT2D eigenvalue weighted by Crippen LogP contribution is 2.17. The summed E-state index contributed by atoms with van der Waals surface area (Å²) in [6, 6.07) is -0.705. The van der Waals surface area contributed by atoms with Gasteiger partial charge in [0.15, 0.2) is 0 Å². The van der Waals surface area contributed by atoms with Gasteiger partial charge in [-0.15, -0.1) is 0 Å². The van der Waals surface area contributed by atoms with Crippen molar-refractivity contribution in [2.75, 3.05) is 6.61 Å². The summed E-state index contributed by atoms with van der Waals surface area (Å²) in [5.74, 6) is -0.492. The Kier molecular flexibility index (Phi) is 44.6. The number of ether oxygens (including phenoxy) is 1. The molecule has 340 valence electrons. The van der Waals surface area contributed by atoms with Crippen LogP contribution in [0.1, 0.15) is 258 Å². The Bertz CT molecular complexity index is 961. The molecule has 0 aliphatic carbocycles. The second-order valence-corrected chi connectivity index (χ2v) is 17.2. The topological polar surface area (TPSA) is 95.9 Å². The van der Waals surface area contributed by atoms with Gasteiger partial charge in [-0.25, -0.2) is 0 Å². The van der Waals surface area contributed by atoms with Gasteiger partial charge in [0.2, 0.25) is 5.91 Å². The molecule has 0 radical (unpaired) electrons. The number of unbranched alkanes of at least 4 members (excludes halogenated alkanes) is 27. The number of allylic oxidation sites excluding steroid dienone is 6. The number of hydrogen-bond donors (Lipinski definition) is 3. The summed E-state index contributed by atoms with van der Waals surface area (Å²) in [5, 5.41) is 23.7. The van der Waals surface area contributed by atoms with Crippen LogP contribution in [0.15, 0.2) is 36.5 Å². The van der Waals surface area contributed by atoms with E-state index in [0.29, 0.717) is 19.3 Å². The summed E-state index contributed by atoms with van der Waals surface area (Å²) in [7, 11) is 0. The van der Waals surface area contributed by atoms with Crippen LogP contribution in [-0.2, 0) is 14.3 Å². The summed E-state index contributed by atoms with van der Waals surface area (Å²) in [4.78, 5) is 26.1. The summed E-state index contributed by atoms with van der Waals surface area (Å²) < 4.78 is 5.92. The molecule has 58 heavy (non-hydrogen) atoms. The van der Waals surface area contributed by atoms with Crippen molar-refractivity contribution in [1.29, 1.82) is 0 Å². The van der Waals surface area contributed by atoms with E-state index in [1.54, 1.807) is 0 Å². The third-order valence-electron chi connectivity index (χ3n) is 11.4. The average molecular weight is 816 g/mol. The molecule has 0 aliphatic heterocycles. The van der Waals surface area contributed by atoms with E-state index in [-0.39, 0.29) is 24.9 Å². The fourth-order valence-corrected chi connectivity index (χ4v) is 7.57. The molecule has 0 fully saturated rings. The monoisotopic (exact) mass is 816 g/mol. The lowest BCUT2D eigenvalue weighted by Gasteiger charge is -2.24. The molecule has 6 nitrogen and oxygen atoms in total. The maximum Gasteiger partial charge on any atom is 0.306 e. The quantitative estimate of drug-likeness (QED) is 0.0323. The van der Waals surface area contributed by atoms with E-state index in [4.69, 9.17) is 4.74 Å². The first kappa shape index (κ1) is 56.1. The van der Waals surface area contributed by atoms with Crippen molar-refractivity contribution in [3.05, 3.63) is 36.5 Å². The van der Waals surface area contributed by atoms with Gasteiger partial charge in [0, 0.05) is 6.42 Å². The zero-order valence-electron chi connectivity index (χ0n) is 38.7. The second kappa shape index (κ2) is 46.2. The largest absolute Gasteiger partial charge is 0.462 e. The SMILES string of the molecule is CCCCC/C=C\C/C=C\CCCCCCCC(CC(=O)NC(CO)C(O)CCCCCCCCCCCCCC)OC(=O)CCCCCCC/C=C\CCCCC. The molecule has 3 unspecified atom stereocenters. The highest BCUT2D eigenvalue weighted by atomic mass is 16.5. The second-order valence-electron chi connectivity index (χ2n) is 17.2. The average Bonchev–Trinajstić information content (AvgIpc) is 3.22. The Labute approximate surface area is 360 Å². The van der Waals surface area contributed by atoms with Crippen LogP contribution >= 0.6 is 0 Å². The minimum Gasteiger partial charge on any atom is -0.462 e. The number of carbonyl (C=O) groups is 2. The summed E-state index contributed by atoms with van der Waals surface area (Å²) in [5.41, 5.74) is 0. The van der Waals surface area contributed by atoms with Crippen LogP contribution in [0, 0.1) is 0 Å². The predicted octanol–water partition coefficient (Wildman–Crippen LogP) is 14.9. The van der Waals surface area contributed by atoms with Gasteiger partial charge in [0.25, 0.3) is 0 Å². The van der Waals surface area contributed by atoms with Gasteiger partial charge < -0.3 is 20.3 Å². The Hall–Kier alpha value is -1.92. The van der Waals surface area contributed by atoms with Crippen LogP contribution in [0.5, 0.6) is 0 Å². The van der Waals surface area contributed by atoms with E-state index in [9.17, 15) is 19.8 Å². The number of rotatable bonds is 45. The first-order chi connectivity index (χ1) is 28.5. The maximum atomic E-state index is 13.2. The number of amides is 1. The van der Waals surface area contributed by atoms with Crippen LogP contribution in [-0.4, -0.2) is 46.9 Å². The minimum absolute atomic E-state index is 0.0668. The molecule has 0 bridgehead atoms. The summed E-state index contributed by atoms with van der Waals surface area (Å²) in [6.07, 6.45) is 53.4. The van der Waals surface area contributed by atoms with Crippen LogP contribution in [0.4, 0.5) is 0 Å². The number of hydrogen-bond acceptors (Lipinski definition) is 5. The van der Waals surface area contributed by atoms with E-state index in [1.807, 2.05) is 0 Å². The van der Waals surface area contributed by atoms with Crippen LogP contribution in [0.3, 0.4) is 0 Å². The van der Waals surface area contributed by atoms with Gasteiger partial charge in [-0.1, -0.05) is 198 Å². The zero-order valence-corrected chi connectivity index (χ0v) is 38.7. The minimum atomic E-state index is -0.790. The molecule has 0 saturated heterocycles. The predicted molar refractivity (Wildman–Crippen MR) is 250 cm³/mol. The standard InChI is InChI=1S/C52H97NO5/c1-4-7-10-13-16-19-22-25-26-27-28-31-34-37-40-43-48(58-52(57)45-42-39-36-33-30-24-21-18-15-12-9-6-3)46-51(56)53-49(47-54)50(55)44-41-38-35-32-29-23-20-17-14-11-8-5-2/h16,18-19,21,25-26,48-50,54-55H,4-15,17,20,22-24,27-47H2,1-3H3,(H,53,56)/b19-16-,21-18-,26-25-. The van der Waals surface area contributed by atoms with Crippen molar-refractivity contribution < 1.29 is 24.5 Å². The molecule has 3 atom stereocenters. The molecule has 6 heteroatoms. The lowest BCUT2D eigenvalue weighted by molar-refractivity contribution is -0.151. The Morgan fingerprint density at radius 3 is 1.36 bits per heavy atom. The Morgan fingerprint density at radius 1 is 0.500 bits per heavy atom. The van der Waals surface area contributed by atoms with Crippen molar-refractivity contribution in [2.24, 2.45) is 0 Å². The number of carbonyl (C=O) groups excluding carboxylic acids is 2.